The van der Waals surface area contributed by atoms with Crippen LogP contribution in [-0.2, 0) is 0 Å². The summed E-state index contributed by atoms with van der Waals surface area (Å²) in [5.74, 6) is -0.142. The van der Waals surface area contributed by atoms with Crippen molar-refractivity contribution in [2.75, 3.05) is 0 Å². The minimum Gasteiger partial charge on any atom is -0.289 e. The highest BCUT2D eigenvalue weighted by Gasteiger charge is 2.21. The van der Waals surface area contributed by atoms with E-state index in [1.165, 1.54) is 0 Å². The molecule has 2 nitrogen and oxygen atoms in total. The fourth-order valence-corrected chi connectivity index (χ4v) is 4.32. The van der Waals surface area contributed by atoms with Gasteiger partial charge in [0.2, 0.25) is 0 Å². The lowest BCUT2D eigenvalue weighted by molar-refractivity contribution is 0.104. The lowest BCUT2D eigenvalue weighted by Gasteiger charge is -2.15. The zero-order valence-corrected chi connectivity index (χ0v) is 17.3. The number of rotatable bonds is 3. The summed E-state index contributed by atoms with van der Waals surface area (Å²) < 4.78 is 0. The van der Waals surface area contributed by atoms with Crippen molar-refractivity contribution in [3.05, 3.63) is 112 Å². The molecule has 0 aliphatic carbocycles. The lowest BCUT2D eigenvalue weighted by atomic mass is 9.90. The number of para-hydroxylation sites is 1. The summed E-state index contributed by atoms with van der Waals surface area (Å²) in [6.45, 7) is 0. The van der Waals surface area contributed by atoms with Gasteiger partial charge in [-0.2, -0.15) is 0 Å². The summed E-state index contributed by atoms with van der Waals surface area (Å²) in [5.41, 5.74) is 4.36. The Morgan fingerprint density at radius 1 is 0.633 bits per heavy atom. The maximum atomic E-state index is 13.5. The van der Waals surface area contributed by atoms with E-state index >= 15 is 0 Å². The summed E-state index contributed by atoms with van der Waals surface area (Å²) in [7, 11) is 0. The number of nitrogens with zero attached hydrogens (tertiary/aromatic N) is 1. The summed E-state index contributed by atoms with van der Waals surface area (Å²) in [5, 5.41) is 2.76. The van der Waals surface area contributed by atoms with Crippen LogP contribution in [0.3, 0.4) is 0 Å². The van der Waals surface area contributed by atoms with Crippen LogP contribution < -0.4 is 0 Å². The van der Waals surface area contributed by atoms with Crippen LogP contribution in [0, 0.1) is 0 Å². The second-order valence-electron chi connectivity index (χ2n) is 6.99. The van der Waals surface area contributed by atoms with Crippen molar-refractivity contribution in [3.8, 4) is 11.1 Å². The molecule has 0 aliphatic rings. The van der Waals surface area contributed by atoms with Gasteiger partial charge in [-0.05, 0) is 30.3 Å². The van der Waals surface area contributed by atoms with Crippen molar-refractivity contribution in [2.24, 2.45) is 0 Å². The van der Waals surface area contributed by atoms with Crippen LogP contribution in [0.4, 0.5) is 0 Å². The van der Waals surface area contributed by atoms with Crippen molar-refractivity contribution in [3.63, 3.8) is 0 Å². The number of halogens is 2. The maximum Gasteiger partial charge on any atom is 0.195 e. The molecule has 0 unspecified atom stereocenters. The van der Waals surface area contributed by atoms with Crippen LogP contribution in [0.1, 0.15) is 15.9 Å². The van der Waals surface area contributed by atoms with Gasteiger partial charge in [-0.15, -0.1) is 0 Å². The third-order valence-corrected chi connectivity index (χ3v) is 5.87. The number of pyridine rings is 1. The molecule has 0 bridgehead atoms. The Morgan fingerprint density at radius 2 is 1.27 bits per heavy atom. The van der Waals surface area contributed by atoms with E-state index in [1.807, 2.05) is 78.9 Å². The predicted molar refractivity (Wildman–Crippen MR) is 125 cm³/mol. The van der Waals surface area contributed by atoms with E-state index in [2.05, 4.69) is 0 Å². The van der Waals surface area contributed by atoms with Gasteiger partial charge in [0.05, 0.1) is 16.1 Å². The SMILES string of the molecule is O=C(c1ccccc1Cl)c1cccc2nc3ccccc3c(-c3ccccc3Cl)c12. The van der Waals surface area contributed by atoms with Crippen LogP contribution >= 0.6 is 23.2 Å². The molecular formula is C26H15Cl2NO. The van der Waals surface area contributed by atoms with Crippen molar-refractivity contribution >= 4 is 50.8 Å². The molecule has 4 aromatic carbocycles. The van der Waals surface area contributed by atoms with Gasteiger partial charge in [-0.25, -0.2) is 4.98 Å². The molecule has 30 heavy (non-hydrogen) atoms. The topological polar surface area (TPSA) is 30.0 Å². The lowest BCUT2D eigenvalue weighted by Crippen LogP contribution is -2.04. The third kappa shape index (κ3) is 3.06. The van der Waals surface area contributed by atoms with Gasteiger partial charge in [-0.3, -0.25) is 4.79 Å². The molecule has 0 amide bonds. The number of ketones is 1. The van der Waals surface area contributed by atoms with Gasteiger partial charge in [-0.1, -0.05) is 83.9 Å². The Balaban J connectivity index is 1.93. The average Bonchev–Trinajstić information content (AvgIpc) is 2.77. The number of aromatic nitrogens is 1. The van der Waals surface area contributed by atoms with Gasteiger partial charge in [0, 0.05) is 38.0 Å². The van der Waals surface area contributed by atoms with E-state index < -0.39 is 0 Å². The molecule has 0 saturated heterocycles. The van der Waals surface area contributed by atoms with Gasteiger partial charge in [0.25, 0.3) is 0 Å². The highest BCUT2D eigenvalue weighted by Crippen LogP contribution is 2.40. The minimum atomic E-state index is -0.142. The van der Waals surface area contributed by atoms with Crippen LogP contribution in [0.5, 0.6) is 0 Å². The van der Waals surface area contributed by atoms with E-state index in [0.29, 0.717) is 21.2 Å². The summed E-state index contributed by atoms with van der Waals surface area (Å²) in [6.07, 6.45) is 0. The van der Waals surface area contributed by atoms with Gasteiger partial charge >= 0.3 is 0 Å². The quantitative estimate of drug-likeness (QED) is 0.219. The van der Waals surface area contributed by atoms with Crippen LogP contribution in [-0.4, -0.2) is 10.8 Å². The molecule has 0 radical (unpaired) electrons. The Hall–Kier alpha value is -3.20. The maximum absolute atomic E-state index is 13.5. The average molecular weight is 428 g/mol. The zero-order chi connectivity index (χ0) is 20.7. The standard InChI is InChI=1S/C26H15Cl2NO/c27-20-12-4-1-8-16(20)24-18-10-3-6-14-22(18)29-23-15-7-11-19(25(23)24)26(30)17-9-2-5-13-21(17)28/h1-15H. The van der Waals surface area contributed by atoms with Crippen LogP contribution in [0.2, 0.25) is 10.0 Å². The van der Waals surface area contributed by atoms with Crippen molar-refractivity contribution < 1.29 is 4.79 Å². The zero-order valence-electron chi connectivity index (χ0n) is 15.8. The third-order valence-electron chi connectivity index (χ3n) is 5.21. The van der Waals surface area contributed by atoms with E-state index in [-0.39, 0.29) is 5.78 Å². The molecule has 0 aliphatic heterocycles. The Morgan fingerprint density at radius 3 is 2.07 bits per heavy atom. The predicted octanol–water partition coefficient (Wildman–Crippen LogP) is 7.59. The molecule has 4 heteroatoms. The van der Waals surface area contributed by atoms with Crippen molar-refractivity contribution in [2.45, 2.75) is 0 Å². The van der Waals surface area contributed by atoms with E-state index in [9.17, 15) is 4.79 Å². The van der Waals surface area contributed by atoms with Crippen LogP contribution in [0.15, 0.2) is 91.0 Å². The Labute approximate surface area is 183 Å². The summed E-state index contributed by atoms with van der Waals surface area (Å²) >= 11 is 12.9. The fourth-order valence-electron chi connectivity index (χ4n) is 3.87. The largest absolute Gasteiger partial charge is 0.289 e. The van der Waals surface area contributed by atoms with E-state index in [0.717, 1.165) is 32.9 Å². The monoisotopic (exact) mass is 427 g/mol. The molecular weight excluding hydrogens is 413 g/mol. The molecule has 1 aromatic heterocycles. The van der Waals surface area contributed by atoms with E-state index in [1.54, 1.807) is 12.1 Å². The number of fused-ring (bicyclic) bond motifs is 2. The molecule has 0 fully saturated rings. The number of carbonyl (C=O) groups is 1. The minimum absolute atomic E-state index is 0.142. The second kappa shape index (κ2) is 7.56. The molecule has 5 aromatic rings. The number of hydrogen-bond acceptors (Lipinski definition) is 2. The first-order valence-electron chi connectivity index (χ1n) is 9.51. The van der Waals surface area contributed by atoms with Gasteiger partial charge < -0.3 is 0 Å². The Kier molecular flexibility index (Phi) is 4.74. The molecule has 144 valence electrons. The molecule has 1 heterocycles. The Bertz CT molecular complexity index is 1440. The smallest absolute Gasteiger partial charge is 0.195 e. The first kappa shape index (κ1) is 18.8. The molecule has 0 N–H and O–H groups in total. The second-order valence-corrected chi connectivity index (χ2v) is 7.81. The van der Waals surface area contributed by atoms with Crippen molar-refractivity contribution in [1.29, 1.82) is 0 Å². The van der Waals surface area contributed by atoms with Gasteiger partial charge in [0.15, 0.2) is 5.78 Å². The summed E-state index contributed by atoms with van der Waals surface area (Å²) in [6, 6.07) is 28.3. The highest BCUT2D eigenvalue weighted by molar-refractivity contribution is 6.37. The molecule has 5 rings (SSSR count). The normalized spacial score (nSPS) is 11.1. The van der Waals surface area contributed by atoms with E-state index in [4.69, 9.17) is 28.2 Å². The number of benzene rings is 4. The first-order chi connectivity index (χ1) is 14.6. The molecule has 0 saturated carbocycles. The molecule has 0 atom stereocenters. The number of hydrogen-bond donors (Lipinski definition) is 0. The van der Waals surface area contributed by atoms with Gasteiger partial charge in [0.1, 0.15) is 0 Å². The summed E-state index contributed by atoms with van der Waals surface area (Å²) in [4.78, 5) is 18.4. The fraction of sp³-hybridized carbons (Fsp3) is 0. The molecule has 0 spiro atoms. The highest BCUT2D eigenvalue weighted by atomic mass is 35.5. The van der Waals surface area contributed by atoms with Crippen molar-refractivity contribution in [1.82, 2.24) is 4.98 Å². The van der Waals surface area contributed by atoms with Crippen LogP contribution in [0.25, 0.3) is 32.9 Å². The first-order valence-corrected chi connectivity index (χ1v) is 10.3. The number of carbonyl (C=O) groups excluding carboxylic acids is 1.